The van der Waals surface area contributed by atoms with Crippen molar-refractivity contribution >= 4 is 23.3 Å². The lowest BCUT2D eigenvalue weighted by molar-refractivity contribution is 0.474. The molecule has 3 rings (SSSR count). The van der Waals surface area contributed by atoms with Crippen LogP contribution in [0.5, 0.6) is 5.75 Å². The maximum atomic E-state index is 12.5. The summed E-state index contributed by atoms with van der Waals surface area (Å²) in [6.07, 6.45) is 9.51. The lowest BCUT2D eigenvalue weighted by Crippen LogP contribution is -2.29. The van der Waals surface area contributed by atoms with Crippen molar-refractivity contribution in [3.8, 4) is 5.75 Å². The molecule has 0 saturated heterocycles. The number of para-hydroxylation sites is 1. The van der Waals surface area contributed by atoms with E-state index in [1.807, 2.05) is 0 Å². The molecular formula is C22H30N6O3. The van der Waals surface area contributed by atoms with Crippen molar-refractivity contribution in [2.45, 2.75) is 58.4 Å². The number of hydrogen-bond acceptors (Lipinski definition) is 6. The molecule has 3 aromatic rings. The van der Waals surface area contributed by atoms with Gasteiger partial charge in [0.1, 0.15) is 5.75 Å². The van der Waals surface area contributed by atoms with Crippen LogP contribution in [0.2, 0.25) is 0 Å². The summed E-state index contributed by atoms with van der Waals surface area (Å²) in [5, 5.41) is 14.0. The summed E-state index contributed by atoms with van der Waals surface area (Å²) < 4.78 is 3.08. The third-order valence-electron chi connectivity index (χ3n) is 5.30. The number of benzene rings is 1. The predicted molar refractivity (Wildman–Crippen MR) is 123 cm³/mol. The number of unbranched alkanes of at least 4 members (excludes halogenated alkanes) is 6. The minimum atomic E-state index is -0.512. The van der Waals surface area contributed by atoms with Crippen LogP contribution in [0, 0.1) is 0 Å². The maximum absolute atomic E-state index is 12.5. The van der Waals surface area contributed by atoms with E-state index in [0.29, 0.717) is 29.2 Å². The zero-order valence-electron chi connectivity index (χ0n) is 18.1. The number of fused-ring (bicyclic) bond motifs is 1. The van der Waals surface area contributed by atoms with Crippen molar-refractivity contribution in [3.63, 3.8) is 0 Å². The average Bonchev–Trinajstić information content (AvgIpc) is 3.12. The van der Waals surface area contributed by atoms with Crippen LogP contribution < -0.4 is 16.7 Å². The van der Waals surface area contributed by atoms with Crippen LogP contribution >= 0.6 is 0 Å². The molecule has 0 spiro atoms. The quantitative estimate of drug-likeness (QED) is 0.247. The van der Waals surface area contributed by atoms with E-state index in [9.17, 15) is 14.7 Å². The number of aryl methyl sites for hydroxylation is 2. The Balaban J connectivity index is 1.82. The fourth-order valence-corrected chi connectivity index (χ4v) is 3.52. The fraction of sp³-hybridized carbons (Fsp3) is 0.455. The predicted octanol–water partition coefficient (Wildman–Crippen LogP) is 3.33. The van der Waals surface area contributed by atoms with Gasteiger partial charge in [-0.2, -0.15) is 10.1 Å². The Morgan fingerprint density at radius 3 is 2.58 bits per heavy atom. The van der Waals surface area contributed by atoms with Crippen LogP contribution in [-0.4, -0.2) is 30.4 Å². The third kappa shape index (κ3) is 5.42. The molecule has 0 unspecified atom stereocenters. The molecule has 0 saturated carbocycles. The minimum Gasteiger partial charge on any atom is -0.507 e. The number of phenols is 1. The Morgan fingerprint density at radius 1 is 1.13 bits per heavy atom. The standard InChI is InChI=1S/C22H30N6O3/c1-3-4-5-6-7-8-11-14-28-18-19(27(2)22(31)25-20(18)30)24-21(28)26-23-15-16-12-9-10-13-17(16)29/h9-10,12-13,15,29H,3-8,11,14H2,1-2H3,(H,24,26)(H,25,30,31). The smallest absolute Gasteiger partial charge is 0.329 e. The molecule has 9 nitrogen and oxygen atoms in total. The highest BCUT2D eigenvalue weighted by Gasteiger charge is 2.16. The summed E-state index contributed by atoms with van der Waals surface area (Å²) >= 11 is 0. The van der Waals surface area contributed by atoms with Gasteiger partial charge in [-0.3, -0.25) is 14.3 Å². The van der Waals surface area contributed by atoms with Gasteiger partial charge in [-0.25, -0.2) is 10.2 Å². The molecule has 1 aromatic carbocycles. The Kier molecular flexibility index (Phi) is 7.64. The van der Waals surface area contributed by atoms with Gasteiger partial charge >= 0.3 is 5.69 Å². The first-order valence-electron chi connectivity index (χ1n) is 10.8. The monoisotopic (exact) mass is 426 g/mol. The summed E-state index contributed by atoms with van der Waals surface area (Å²) in [6.45, 7) is 2.78. The van der Waals surface area contributed by atoms with Crippen LogP contribution in [0.15, 0.2) is 39.0 Å². The van der Waals surface area contributed by atoms with E-state index in [4.69, 9.17) is 0 Å². The van der Waals surface area contributed by atoms with Gasteiger partial charge in [0.05, 0.1) is 6.21 Å². The molecule has 0 aliphatic rings. The van der Waals surface area contributed by atoms with E-state index in [1.54, 1.807) is 35.9 Å². The number of rotatable bonds is 11. The SMILES string of the molecule is CCCCCCCCCn1c(NN=Cc2ccccc2O)nc2c1c(=O)[nH]c(=O)n2C. The van der Waals surface area contributed by atoms with Crippen LogP contribution in [0.4, 0.5) is 5.95 Å². The van der Waals surface area contributed by atoms with Gasteiger partial charge in [-0.15, -0.1) is 0 Å². The number of hydrogen-bond donors (Lipinski definition) is 3. The zero-order valence-corrected chi connectivity index (χ0v) is 18.1. The zero-order chi connectivity index (χ0) is 22.2. The molecule has 166 valence electrons. The Labute approximate surface area is 180 Å². The molecule has 2 aromatic heterocycles. The molecule has 3 N–H and O–H groups in total. The van der Waals surface area contributed by atoms with E-state index in [2.05, 4.69) is 27.4 Å². The third-order valence-corrected chi connectivity index (χ3v) is 5.30. The molecule has 0 atom stereocenters. The van der Waals surface area contributed by atoms with Gasteiger partial charge in [0.25, 0.3) is 5.56 Å². The van der Waals surface area contributed by atoms with Crippen molar-refractivity contribution in [1.82, 2.24) is 19.1 Å². The van der Waals surface area contributed by atoms with Crippen LogP contribution in [-0.2, 0) is 13.6 Å². The summed E-state index contributed by atoms with van der Waals surface area (Å²) in [5.41, 5.74) is 3.08. The number of aromatic nitrogens is 4. The number of hydrazone groups is 1. The number of nitrogens with one attached hydrogen (secondary N) is 2. The second-order valence-corrected chi connectivity index (χ2v) is 7.63. The van der Waals surface area contributed by atoms with Gasteiger partial charge in [0, 0.05) is 19.2 Å². The highest BCUT2D eigenvalue weighted by molar-refractivity contribution is 5.83. The molecule has 0 aliphatic heterocycles. The largest absolute Gasteiger partial charge is 0.507 e. The fourth-order valence-electron chi connectivity index (χ4n) is 3.52. The van der Waals surface area contributed by atoms with Crippen LogP contribution in [0.3, 0.4) is 0 Å². The number of H-pyrrole nitrogens is 1. The van der Waals surface area contributed by atoms with Gasteiger partial charge in [-0.05, 0) is 18.6 Å². The molecule has 31 heavy (non-hydrogen) atoms. The topological polar surface area (TPSA) is 117 Å². The lowest BCUT2D eigenvalue weighted by atomic mass is 10.1. The molecule has 0 fully saturated rings. The highest BCUT2D eigenvalue weighted by atomic mass is 16.3. The van der Waals surface area contributed by atoms with Crippen molar-refractivity contribution < 1.29 is 5.11 Å². The maximum Gasteiger partial charge on any atom is 0.329 e. The number of aromatic amines is 1. The van der Waals surface area contributed by atoms with Crippen molar-refractivity contribution in [2.75, 3.05) is 5.43 Å². The summed E-state index contributed by atoms with van der Waals surface area (Å²) in [4.78, 5) is 31.3. The van der Waals surface area contributed by atoms with E-state index in [1.165, 1.54) is 36.5 Å². The second kappa shape index (κ2) is 10.6. The Hall–Kier alpha value is -3.36. The lowest BCUT2D eigenvalue weighted by Gasteiger charge is -2.08. The molecule has 0 amide bonds. The number of phenolic OH excluding ortho intramolecular Hbond substituents is 1. The molecule has 0 radical (unpaired) electrons. The van der Waals surface area contributed by atoms with E-state index >= 15 is 0 Å². The minimum absolute atomic E-state index is 0.114. The molecular weight excluding hydrogens is 396 g/mol. The average molecular weight is 427 g/mol. The first-order valence-corrected chi connectivity index (χ1v) is 10.8. The van der Waals surface area contributed by atoms with E-state index in [-0.39, 0.29) is 5.75 Å². The second-order valence-electron chi connectivity index (χ2n) is 7.63. The first kappa shape index (κ1) is 22.3. The van der Waals surface area contributed by atoms with Gasteiger partial charge in [-0.1, -0.05) is 57.6 Å². The van der Waals surface area contributed by atoms with Crippen molar-refractivity contribution in [3.05, 3.63) is 50.7 Å². The summed E-state index contributed by atoms with van der Waals surface area (Å²) in [5.74, 6) is 0.489. The molecule has 0 bridgehead atoms. The van der Waals surface area contributed by atoms with E-state index in [0.717, 1.165) is 19.3 Å². The normalized spacial score (nSPS) is 11.5. The number of aromatic hydroxyl groups is 1. The van der Waals surface area contributed by atoms with E-state index < -0.39 is 11.2 Å². The highest BCUT2D eigenvalue weighted by Crippen LogP contribution is 2.18. The number of nitrogens with zero attached hydrogens (tertiary/aromatic N) is 4. The van der Waals surface area contributed by atoms with Crippen LogP contribution in [0.1, 0.15) is 57.4 Å². The van der Waals surface area contributed by atoms with Gasteiger partial charge in [0.15, 0.2) is 11.2 Å². The summed E-state index contributed by atoms with van der Waals surface area (Å²) in [7, 11) is 1.57. The Morgan fingerprint density at radius 2 is 1.84 bits per heavy atom. The Bertz CT molecular complexity index is 1160. The summed E-state index contributed by atoms with van der Waals surface area (Å²) in [6, 6.07) is 6.84. The first-order chi connectivity index (χ1) is 15.0. The van der Waals surface area contributed by atoms with Gasteiger partial charge < -0.3 is 9.67 Å². The van der Waals surface area contributed by atoms with Crippen molar-refractivity contribution in [2.24, 2.45) is 12.1 Å². The van der Waals surface area contributed by atoms with Crippen LogP contribution in [0.25, 0.3) is 11.2 Å². The molecule has 2 heterocycles. The molecule has 0 aliphatic carbocycles. The van der Waals surface area contributed by atoms with Crippen molar-refractivity contribution in [1.29, 1.82) is 0 Å². The number of imidazole rings is 1. The number of anilines is 1. The molecule has 9 heteroatoms. The van der Waals surface area contributed by atoms with Gasteiger partial charge in [0.2, 0.25) is 5.95 Å².